The Bertz CT molecular complexity index is 1660. The third-order valence-corrected chi connectivity index (χ3v) is 7.85. The summed E-state index contributed by atoms with van der Waals surface area (Å²) in [6, 6.07) is 30.6. The van der Waals surface area contributed by atoms with E-state index in [4.69, 9.17) is 4.98 Å². The molecule has 0 saturated carbocycles. The zero-order chi connectivity index (χ0) is 24.1. The smallest absolute Gasteiger partial charge is 0.147 e. The van der Waals surface area contributed by atoms with Gasteiger partial charge in [0.1, 0.15) is 5.82 Å². The molecule has 172 valence electrons. The van der Waals surface area contributed by atoms with Crippen LogP contribution in [0.25, 0.3) is 49.3 Å². The van der Waals surface area contributed by atoms with Gasteiger partial charge < -0.3 is 0 Å². The molecular formula is C32H28N2S. The summed E-state index contributed by atoms with van der Waals surface area (Å²) in [5.74, 6) is 1.52. The highest BCUT2D eigenvalue weighted by molar-refractivity contribution is 7.17. The minimum absolute atomic E-state index is 0.517. The lowest BCUT2D eigenvalue weighted by atomic mass is 9.95. The Labute approximate surface area is 210 Å². The largest absolute Gasteiger partial charge is 0.292 e. The number of nitrogens with zero attached hydrogens (tertiary/aromatic N) is 2. The van der Waals surface area contributed by atoms with Crippen LogP contribution in [-0.2, 0) is 0 Å². The minimum Gasteiger partial charge on any atom is -0.292 e. The monoisotopic (exact) mass is 472 g/mol. The maximum Gasteiger partial charge on any atom is 0.147 e. The molecule has 4 aromatic carbocycles. The highest BCUT2D eigenvalue weighted by atomic mass is 32.1. The fourth-order valence-electron chi connectivity index (χ4n) is 5.18. The van der Waals surface area contributed by atoms with Gasteiger partial charge in [-0.15, -0.1) is 11.3 Å². The summed E-state index contributed by atoms with van der Waals surface area (Å²) in [4.78, 5) is 5.15. The summed E-state index contributed by atoms with van der Waals surface area (Å²) in [5.41, 5.74) is 11.0. The lowest BCUT2D eigenvalue weighted by Gasteiger charge is -2.16. The van der Waals surface area contributed by atoms with Crippen LogP contribution in [0.3, 0.4) is 0 Å². The van der Waals surface area contributed by atoms with Gasteiger partial charge in [-0.1, -0.05) is 68.4 Å². The molecule has 0 spiro atoms. The molecule has 35 heavy (non-hydrogen) atoms. The molecule has 0 amide bonds. The lowest BCUT2D eigenvalue weighted by Crippen LogP contribution is -2.00. The Morgan fingerprint density at radius 1 is 0.800 bits per heavy atom. The van der Waals surface area contributed by atoms with Crippen LogP contribution in [0.5, 0.6) is 0 Å². The molecule has 2 nitrogen and oxygen atoms in total. The first-order chi connectivity index (χ1) is 17.0. The molecule has 0 aliphatic heterocycles. The van der Waals surface area contributed by atoms with E-state index in [9.17, 15) is 0 Å². The Balaban J connectivity index is 1.59. The normalized spacial score (nSPS) is 11.7. The molecular weight excluding hydrogens is 444 g/mol. The van der Waals surface area contributed by atoms with E-state index in [1.807, 2.05) is 0 Å². The van der Waals surface area contributed by atoms with Crippen molar-refractivity contribution >= 4 is 32.5 Å². The molecule has 0 saturated heterocycles. The molecule has 0 radical (unpaired) electrons. The fourth-order valence-corrected chi connectivity index (χ4v) is 6.16. The molecule has 0 bridgehead atoms. The first-order valence-electron chi connectivity index (χ1n) is 12.2. The number of para-hydroxylation sites is 2. The number of fused-ring (bicyclic) bond motifs is 2. The number of hydrogen-bond donors (Lipinski definition) is 0. The van der Waals surface area contributed by atoms with Gasteiger partial charge in [-0.3, -0.25) is 4.57 Å². The van der Waals surface area contributed by atoms with Crippen LogP contribution in [-0.4, -0.2) is 9.55 Å². The Morgan fingerprint density at radius 2 is 1.51 bits per heavy atom. The number of rotatable bonds is 4. The van der Waals surface area contributed by atoms with E-state index in [1.165, 1.54) is 43.5 Å². The van der Waals surface area contributed by atoms with Crippen LogP contribution in [0.15, 0.2) is 90.3 Å². The van der Waals surface area contributed by atoms with Crippen LogP contribution < -0.4 is 0 Å². The Hall–Kier alpha value is -3.69. The van der Waals surface area contributed by atoms with Crippen molar-refractivity contribution in [1.82, 2.24) is 9.55 Å². The number of thiophene rings is 1. The standard InChI is InChI=1S/C32H28N2S/c1-20(2)24-14-15-26-27(19-35-30(26)18-24)32-33-28-12-8-9-13-29(28)34(32)25-16-21(3)31(22(4)17-25)23-10-6-5-7-11-23/h5-20H,1-4H3. The molecule has 0 atom stereocenters. The molecule has 0 aliphatic rings. The molecule has 6 aromatic rings. The molecule has 0 aliphatic carbocycles. The van der Waals surface area contributed by atoms with Crippen LogP contribution in [0.4, 0.5) is 0 Å². The van der Waals surface area contributed by atoms with Gasteiger partial charge in [0.05, 0.1) is 11.0 Å². The predicted molar refractivity (Wildman–Crippen MR) is 151 cm³/mol. The zero-order valence-corrected chi connectivity index (χ0v) is 21.4. The van der Waals surface area contributed by atoms with Crippen molar-refractivity contribution in [3.8, 4) is 28.2 Å². The van der Waals surface area contributed by atoms with Crippen molar-refractivity contribution in [2.75, 3.05) is 0 Å². The average Bonchev–Trinajstić information content (AvgIpc) is 3.45. The third kappa shape index (κ3) is 3.67. The van der Waals surface area contributed by atoms with Gasteiger partial charge in [-0.05, 0) is 77.9 Å². The second kappa shape index (κ2) is 8.51. The Kier molecular flexibility index (Phi) is 5.31. The molecule has 0 unspecified atom stereocenters. The van der Waals surface area contributed by atoms with E-state index >= 15 is 0 Å². The summed E-state index contributed by atoms with van der Waals surface area (Å²) in [6.45, 7) is 8.92. The van der Waals surface area contributed by atoms with Crippen LogP contribution in [0.1, 0.15) is 36.5 Å². The molecule has 3 heteroatoms. The number of imidazole rings is 1. The van der Waals surface area contributed by atoms with E-state index in [-0.39, 0.29) is 0 Å². The summed E-state index contributed by atoms with van der Waals surface area (Å²) in [7, 11) is 0. The van der Waals surface area contributed by atoms with Gasteiger partial charge in [-0.2, -0.15) is 0 Å². The summed E-state index contributed by atoms with van der Waals surface area (Å²) in [5, 5.41) is 3.54. The second-order valence-electron chi connectivity index (χ2n) is 9.64. The number of aryl methyl sites for hydroxylation is 2. The van der Waals surface area contributed by atoms with Crippen LogP contribution in [0.2, 0.25) is 0 Å². The van der Waals surface area contributed by atoms with Gasteiger partial charge in [0.2, 0.25) is 0 Å². The average molecular weight is 473 g/mol. The summed E-state index contributed by atoms with van der Waals surface area (Å²) >= 11 is 1.81. The Morgan fingerprint density at radius 3 is 2.26 bits per heavy atom. The first kappa shape index (κ1) is 21.8. The van der Waals surface area contributed by atoms with Crippen molar-refractivity contribution in [3.05, 3.63) is 107 Å². The lowest BCUT2D eigenvalue weighted by molar-refractivity contribution is 0.869. The highest BCUT2D eigenvalue weighted by Gasteiger charge is 2.19. The summed E-state index contributed by atoms with van der Waals surface area (Å²) < 4.78 is 3.65. The van der Waals surface area contributed by atoms with E-state index in [2.05, 4.69) is 123 Å². The molecule has 0 fully saturated rings. The van der Waals surface area contributed by atoms with E-state index in [1.54, 1.807) is 11.3 Å². The van der Waals surface area contributed by atoms with Crippen molar-refractivity contribution in [3.63, 3.8) is 0 Å². The SMILES string of the molecule is Cc1cc(-n2c(-c3csc4cc(C(C)C)ccc34)nc3ccccc32)cc(C)c1-c1ccccc1. The van der Waals surface area contributed by atoms with Crippen molar-refractivity contribution in [2.45, 2.75) is 33.6 Å². The number of aromatic nitrogens is 2. The second-order valence-corrected chi connectivity index (χ2v) is 10.6. The molecule has 2 heterocycles. The first-order valence-corrected chi connectivity index (χ1v) is 13.1. The minimum atomic E-state index is 0.517. The van der Waals surface area contributed by atoms with E-state index in [0.29, 0.717) is 5.92 Å². The number of benzene rings is 4. The van der Waals surface area contributed by atoms with E-state index < -0.39 is 0 Å². The van der Waals surface area contributed by atoms with Crippen molar-refractivity contribution in [2.24, 2.45) is 0 Å². The zero-order valence-electron chi connectivity index (χ0n) is 20.5. The molecule has 6 rings (SSSR count). The number of hydrogen-bond acceptors (Lipinski definition) is 2. The molecule has 0 N–H and O–H groups in total. The van der Waals surface area contributed by atoms with Gasteiger partial charge >= 0.3 is 0 Å². The maximum atomic E-state index is 5.15. The van der Waals surface area contributed by atoms with E-state index in [0.717, 1.165) is 22.5 Å². The fraction of sp³-hybridized carbons (Fsp3) is 0.156. The van der Waals surface area contributed by atoms with Crippen molar-refractivity contribution in [1.29, 1.82) is 0 Å². The molecule has 2 aromatic heterocycles. The van der Waals surface area contributed by atoms with Gasteiger partial charge in [0.15, 0.2) is 0 Å². The van der Waals surface area contributed by atoms with Crippen LogP contribution in [0, 0.1) is 13.8 Å². The maximum absolute atomic E-state index is 5.15. The van der Waals surface area contributed by atoms with Crippen molar-refractivity contribution < 1.29 is 0 Å². The van der Waals surface area contributed by atoms with Crippen LogP contribution >= 0.6 is 11.3 Å². The highest BCUT2D eigenvalue weighted by Crippen LogP contribution is 2.39. The topological polar surface area (TPSA) is 17.8 Å². The van der Waals surface area contributed by atoms with Gasteiger partial charge in [-0.25, -0.2) is 4.98 Å². The van der Waals surface area contributed by atoms with Gasteiger partial charge in [0, 0.05) is 26.7 Å². The third-order valence-electron chi connectivity index (χ3n) is 6.91. The quantitative estimate of drug-likeness (QED) is 0.250. The van der Waals surface area contributed by atoms with Gasteiger partial charge in [0.25, 0.3) is 0 Å². The summed E-state index contributed by atoms with van der Waals surface area (Å²) in [6.07, 6.45) is 0. The predicted octanol–water partition coefficient (Wildman–Crippen LogP) is 9.31.